The quantitative estimate of drug-likeness (QED) is 0.388. The van der Waals surface area contributed by atoms with Gasteiger partial charge in [-0.1, -0.05) is 88.4 Å². The molecule has 0 unspecified atom stereocenters. The van der Waals surface area contributed by atoms with Gasteiger partial charge < -0.3 is 9.47 Å². The molecule has 0 saturated heterocycles. The number of carbonyl (C=O) groups excluding carboxylic acids is 2. The van der Waals surface area contributed by atoms with Gasteiger partial charge in [-0.15, -0.1) is 0 Å². The average molecular weight is 386 g/mol. The molecule has 0 atom stereocenters. The second kappa shape index (κ2) is 9.26. The van der Waals surface area contributed by atoms with Crippen molar-refractivity contribution in [3.8, 4) is 0 Å². The van der Waals surface area contributed by atoms with Crippen molar-refractivity contribution in [2.45, 2.75) is 38.5 Å². The lowest BCUT2D eigenvalue weighted by molar-refractivity contribution is -0.219. The first-order valence-electron chi connectivity index (χ1n) is 9.00. The second-order valence-corrected chi connectivity index (χ2v) is 7.74. The summed E-state index contributed by atoms with van der Waals surface area (Å²) < 4.78 is 10.1. The zero-order valence-electron chi connectivity index (χ0n) is 16.6. The summed E-state index contributed by atoms with van der Waals surface area (Å²) in [5, 5.41) is 0. The van der Waals surface area contributed by atoms with Gasteiger partial charge in [0.2, 0.25) is 0 Å². The van der Waals surface area contributed by atoms with Crippen molar-refractivity contribution in [1.82, 2.24) is 0 Å². The standard InChI is InChI=1S/C22H26O6/c1-21(2,17-11-7-5-8-12-17)15-25-19(23)27-28-20(24)26-16-22(3,4)18-13-9-6-10-14-18/h5-14H,15-16H2,1-4H3. The van der Waals surface area contributed by atoms with Crippen LogP contribution in [0.15, 0.2) is 60.7 Å². The molecule has 6 heteroatoms. The first kappa shape index (κ1) is 21.3. The first-order chi connectivity index (χ1) is 13.2. The molecule has 150 valence electrons. The molecule has 0 N–H and O–H groups in total. The van der Waals surface area contributed by atoms with Crippen LogP contribution in [-0.4, -0.2) is 25.5 Å². The van der Waals surface area contributed by atoms with Crippen molar-refractivity contribution in [2.75, 3.05) is 13.2 Å². The van der Waals surface area contributed by atoms with E-state index in [1.807, 2.05) is 88.4 Å². The van der Waals surface area contributed by atoms with E-state index in [9.17, 15) is 9.59 Å². The van der Waals surface area contributed by atoms with E-state index >= 15 is 0 Å². The van der Waals surface area contributed by atoms with E-state index in [1.54, 1.807) is 0 Å². The average Bonchev–Trinajstić information content (AvgIpc) is 2.70. The molecule has 6 nitrogen and oxygen atoms in total. The smallest absolute Gasteiger partial charge is 0.431 e. The number of hydrogen-bond acceptors (Lipinski definition) is 6. The zero-order valence-corrected chi connectivity index (χ0v) is 16.6. The minimum Gasteiger partial charge on any atom is -0.431 e. The Kier molecular flexibility index (Phi) is 7.04. The van der Waals surface area contributed by atoms with Crippen LogP contribution >= 0.6 is 0 Å². The molecule has 0 heterocycles. The van der Waals surface area contributed by atoms with Crippen LogP contribution in [-0.2, 0) is 30.1 Å². The molecule has 28 heavy (non-hydrogen) atoms. The van der Waals surface area contributed by atoms with Gasteiger partial charge >= 0.3 is 12.3 Å². The minimum absolute atomic E-state index is 0.0648. The molecule has 2 aromatic rings. The molecule has 0 bridgehead atoms. The molecule has 0 radical (unpaired) electrons. The summed E-state index contributed by atoms with van der Waals surface area (Å²) in [4.78, 5) is 32.1. The molecule has 2 rings (SSSR count). The molecule has 0 aromatic heterocycles. The van der Waals surface area contributed by atoms with Gasteiger partial charge in [-0.2, -0.15) is 19.4 Å². The zero-order chi connectivity index (χ0) is 20.6. The Labute approximate surface area is 165 Å². The van der Waals surface area contributed by atoms with Gasteiger partial charge in [0.05, 0.1) is 0 Å². The Morgan fingerprint density at radius 3 is 1.29 bits per heavy atom. The molecule has 0 amide bonds. The molecule has 0 fully saturated rings. The summed E-state index contributed by atoms with van der Waals surface area (Å²) in [6.45, 7) is 7.84. The predicted octanol–water partition coefficient (Wildman–Crippen LogP) is 5.16. The van der Waals surface area contributed by atoms with Gasteiger partial charge in [-0.05, 0) is 11.1 Å². The van der Waals surface area contributed by atoms with Crippen molar-refractivity contribution in [1.29, 1.82) is 0 Å². The van der Waals surface area contributed by atoms with Crippen LogP contribution in [0.25, 0.3) is 0 Å². The van der Waals surface area contributed by atoms with Crippen LogP contribution in [0.4, 0.5) is 9.59 Å². The Morgan fingerprint density at radius 2 is 0.964 bits per heavy atom. The van der Waals surface area contributed by atoms with Gasteiger partial charge in [-0.25, -0.2) is 0 Å². The Bertz CT molecular complexity index is 701. The van der Waals surface area contributed by atoms with Crippen LogP contribution < -0.4 is 0 Å². The van der Waals surface area contributed by atoms with E-state index < -0.39 is 23.1 Å². The van der Waals surface area contributed by atoms with E-state index in [0.29, 0.717) is 0 Å². The molecule has 2 aromatic carbocycles. The molecular formula is C22H26O6. The van der Waals surface area contributed by atoms with E-state index in [0.717, 1.165) is 11.1 Å². The SMILES string of the molecule is CC(C)(COC(=O)OOC(=O)OCC(C)(C)c1ccccc1)c1ccccc1. The highest BCUT2D eigenvalue weighted by Gasteiger charge is 2.25. The van der Waals surface area contributed by atoms with Crippen molar-refractivity contribution in [3.63, 3.8) is 0 Å². The van der Waals surface area contributed by atoms with Crippen molar-refractivity contribution < 1.29 is 28.8 Å². The predicted molar refractivity (Wildman–Crippen MR) is 104 cm³/mol. The maximum Gasteiger partial charge on any atom is 0.550 e. The highest BCUT2D eigenvalue weighted by atomic mass is 17.3. The van der Waals surface area contributed by atoms with Gasteiger partial charge in [0.1, 0.15) is 13.2 Å². The van der Waals surface area contributed by atoms with Gasteiger partial charge in [0, 0.05) is 10.8 Å². The van der Waals surface area contributed by atoms with Crippen molar-refractivity contribution in [2.24, 2.45) is 0 Å². The molecular weight excluding hydrogens is 360 g/mol. The lowest BCUT2D eigenvalue weighted by Gasteiger charge is -2.24. The van der Waals surface area contributed by atoms with Crippen LogP contribution in [0.3, 0.4) is 0 Å². The number of ether oxygens (including phenoxy) is 2. The Hall–Kier alpha value is -3.02. The lowest BCUT2D eigenvalue weighted by atomic mass is 9.86. The van der Waals surface area contributed by atoms with E-state index in [-0.39, 0.29) is 13.2 Å². The van der Waals surface area contributed by atoms with Crippen LogP contribution in [0.2, 0.25) is 0 Å². The summed E-state index contributed by atoms with van der Waals surface area (Å²) in [5.74, 6) is 0. The lowest BCUT2D eigenvalue weighted by Crippen LogP contribution is -2.28. The first-order valence-corrected chi connectivity index (χ1v) is 9.00. The largest absolute Gasteiger partial charge is 0.550 e. The highest BCUT2D eigenvalue weighted by Crippen LogP contribution is 2.24. The minimum atomic E-state index is -1.11. The highest BCUT2D eigenvalue weighted by molar-refractivity contribution is 5.63. The van der Waals surface area contributed by atoms with Crippen LogP contribution in [0.1, 0.15) is 38.8 Å². The topological polar surface area (TPSA) is 71.1 Å². The Balaban J connectivity index is 1.73. The van der Waals surface area contributed by atoms with Crippen LogP contribution in [0, 0.1) is 0 Å². The van der Waals surface area contributed by atoms with Crippen molar-refractivity contribution in [3.05, 3.63) is 71.8 Å². The monoisotopic (exact) mass is 386 g/mol. The van der Waals surface area contributed by atoms with Gasteiger partial charge in [0.25, 0.3) is 0 Å². The number of rotatable bonds is 6. The molecule has 0 aliphatic heterocycles. The van der Waals surface area contributed by atoms with Gasteiger partial charge in [-0.3, -0.25) is 0 Å². The number of benzene rings is 2. The summed E-state index contributed by atoms with van der Waals surface area (Å²) in [6, 6.07) is 19.2. The summed E-state index contributed by atoms with van der Waals surface area (Å²) in [5.41, 5.74) is 1.18. The molecule has 0 saturated carbocycles. The fourth-order valence-corrected chi connectivity index (χ4v) is 2.54. The third kappa shape index (κ3) is 6.30. The maximum atomic E-state index is 11.7. The second-order valence-electron chi connectivity index (χ2n) is 7.74. The van der Waals surface area contributed by atoms with Gasteiger partial charge in [0.15, 0.2) is 0 Å². The Morgan fingerprint density at radius 1 is 0.643 bits per heavy atom. The van der Waals surface area contributed by atoms with Crippen molar-refractivity contribution >= 4 is 12.3 Å². The van der Waals surface area contributed by atoms with E-state index in [1.165, 1.54) is 0 Å². The fraction of sp³-hybridized carbons (Fsp3) is 0.364. The summed E-state index contributed by atoms with van der Waals surface area (Å²) in [7, 11) is 0. The molecule has 0 aliphatic carbocycles. The number of hydrogen-bond donors (Lipinski definition) is 0. The van der Waals surface area contributed by atoms with E-state index in [2.05, 4.69) is 9.78 Å². The fourth-order valence-electron chi connectivity index (χ4n) is 2.54. The van der Waals surface area contributed by atoms with Crippen LogP contribution in [0.5, 0.6) is 0 Å². The molecule has 0 spiro atoms. The third-order valence-corrected chi connectivity index (χ3v) is 4.39. The summed E-state index contributed by atoms with van der Waals surface area (Å²) in [6.07, 6.45) is -2.22. The molecule has 0 aliphatic rings. The number of carbonyl (C=O) groups is 2. The van der Waals surface area contributed by atoms with E-state index in [4.69, 9.17) is 9.47 Å². The third-order valence-electron chi connectivity index (χ3n) is 4.39. The maximum absolute atomic E-state index is 11.7. The summed E-state index contributed by atoms with van der Waals surface area (Å²) >= 11 is 0. The normalized spacial score (nSPS) is 11.4.